The Labute approximate surface area is 186 Å². The summed E-state index contributed by atoms with van der Waals surface area (Å²) in [6, 6.07) is 7.92. The van der Waals surface area contributed by atoms with Gasteiger partial charge >= 0.3 is 6.09 Å². The minimum absolute atomic E-state index is 0.0635. The zero-order valence-corrected chi connectivity index (χ0v) is 18.9. The van der Waals surface area contributed by atoms with Gasteiger partial charge < -0.3 is 15.0 Å². The van der Waals surface area contributed by atoms with Gasteiger partial charge in [0.25, 0.3) is 5.91 Å². The van der Waals surface area contributed by atoms with Crippen molar-refractivity contribution in [2.24, 2.45) is 5.92 Å². The Morgan fingerprint density at radius 2 is 2.10 bits per heavy atom. The molecule has 166 valence electrons. The van der Waals surface area contributed by atoms with Gasteiger partial charge in [0, 0.05) is 31.0 Å². The Bertz CT molecular complexity index is 886. The maximum atomic E-state index is 13.0. The molecule has 9 heteroatoms. The number of likely N-dealkylation sites (tertiary alicyclic amines) is 1. The van der Waals surface area contributed by atoms with Crippen molar-refractivity contribution in [1.82, 2.24) is 15.1 Å². The van der Waals surface area contributed by atoms with Gasteiger partial charge in [-0.2, -0.15) is 5.26 Å². The van der Waals surface area contributed by atoms with Crippen molar-refractivity contribution in [3.63, 3.8) is 0 Å². The molecule has 2 aliphatic heterocycles. The largest absolute Gasteiger partial charge is 0.444 e. The van der Waals surface area contributed by atoms with Crippen LogP contribution in [0.25, 0.3) is 0 Å². The normalized spacial score (nSPS) is 21.0. The molecule has 0 aliphatic carbocycles. The molecule has 3 rings (SSSR count). The molecule has 8 nitrogen and oxygen atoms in total. The lowest BCUT2D eigenvalue weighted by Gasteiger charge is -2.29. The van der Waals surface area contributed by atoms with Crippen molar-refractivity contribution in [3.8, 4) is 6.07 Å². The minimum atomic E-state index is -0.660. The minimum Gasteiger partial charge on any atom is -0.444 e. The van der Waals surface area contributed by atoms with Crippen LogP contribution in [-0.4, -0.2) is 70.6 Å². The molecule has 2 heterocycles. The summed E-state index contributed by atoms with van der Waals surface area (Å²) in [4.78, 5) is 41.6. The Balaban J connectivity index is 1.67. The standard InChI is InChI=1S/C22H28N4O4S/c1-22(2,3)30-21(29)26-13-16(10-18(26)20(28)25-7-8-31-14-25)12-24-19(27)17-6-4-5-15(9-17)11-23/h4-6,9,16,18H,7-8,10,12-14H2,1-3H3,(H,24,27)/t16-,18+/m1/s1. The summed E-state index contributed by atoms with van der Waals surface area (Å²) < 4.78 is 5.53. The second-order valence-corrected chi connectivity index (χ2v) is 9.87. The molecular formula is C22H28N4O4S. The highest BCUT2D eigenvalue weighted by Crippen LogP contribution is 2.28. The number of rotatable bonds is 4. The predicted molar refractivity (Wildman–Crippen MR) is 117 cm³/mol. The van der Waals surface area contributed by atoms with Gasteiger partial charge in [0.05, 0.1) is 17.5 Å². The van der Waals surface area contributed by atoms with Crippen molar-refractivity contribution in [1.29, 1.82) is 5.26 Å². The Kier molecular flexibility index (Phi) is 7.11. The van der Waals surface area contributed by atoms with Gasteiger partial charge in [-0.1, -0.05) is 6.07 Å². The number of nitrogens with zero attached hydrogens (tertiary/aromatic N) is 3. The molecule has 0 spiro atoms. The predicted octanol–water partition coefficient (Wildman–Crippen LogP) is 2.45. The van der Waals surface area contributed by atoms with Crippen LogP contribution in [0, 0.1) is 17.2 Å². The number of hydrogen-bond donors (Lipinski definition) is 1. The third-order valence-corrected chi connectivity index (χ3v) is 6.14. The van der Waals surface area contributed by atoms with Gasteiger partial charge in [-0.05, 0) is 51.3 Å². The van der Waals surface area contributed by atoms with E-state index >= 15 is 0 Å². The first-order valence-electron chi connectivity index (χ1n) is 10.3. The molecule has 1 aromatic rings. The fraction of sp³-hybridized carbons (Fsp3) is 0.545. The number of nitrogens with one attached hydrogen (secondary N) is 1. The van der Waals surface area contributed by atoms with Crippen LogP contribution in [0.5, 0.6) is 0 Å². The van der Waals surface area contributed by atoms with Gasteiger partial charge in [-0.15, -0.1) is 11.8 Å². The summed E-state index contributed by atoms with van der Waals surface area (Å²) in [5.41, 5.74) is 0.160. The van der Waals surface area contributed by atoms with E-state index in [0.29, 0.717) is 43.1 Å². The van der Waals surface area contributed by atoms with Crippen LogP contribution in [0.2, 0.25) is 0 Å². The van der Waals surface area contributed by atoms with E-state index < -0.39 is 17.7 Å². The SMILES string of the molecule is CC(C)(C)OC(=O)N1C[C@@H](CNC(=O)c2cccc(C#N)c2)C[C@H]1C(=O)N1CCSC1. The highest BCUT2D eigenvalue weighted by Gasteiger charge is 2.43. The number of nitriles is 1. The number of hydrogen-bond acceptors (Lipinski definition) is 6. The molecule has 0 bridgehead atoms. The molecule has 3 amide bonds. The number of benzene rings is 1. The van der Waals surface area contributed by atoms with Crippen LogP contribution in [0.4, 0.5) is 4.79 Å². The summed E-state index contributed by atoms with van der Waals surface area (Å²) in [5.74, 6) is 1.11. The van der Waals surface area contributed by atoms with Crippen LogP contribution in [0.1, 0.15) is 43.1 Å². The lowest BCUT2D eigenvalue weighted by Crippen LogP contribution is -2.48. The van der Waals surface area contributed by atoms with Crippen molar-refractivity contribution in [2.75, 3.05) is 31.3 Å². The monoisotopic (exact) mass is 444 g/mol. The second-order valence-electron chi connectivity index (χ2n) is 8.79. The summed E-state index contributed by atoms with van der Waals surface area (Å²) in [6.45, 7) is 6.73. The first-order chi connectivity index (χ1) is 14.7. The highest BCUT2D eigenvalue weighted by molar-refractivity contribution is 7.99. The zero-order chi connectivity index (χ0) is 22.6. The molecule has 2 saturated heterocycles. The molecular weight excluding hydrogens is 416 g/mol. The molecule has 1 N–H and O–H groups in total. The van der Waals surface area contributed by atoms with Gasteiger partial charge in [-0.3, -0.25) is 14.5 Å². The summed E-state index contributed by atoms with van der Waals surface area (Å²) >= 11 is 1.69. The number of carbonyl (C=O) groups excluding carboxylic acids is 3. The van der Waals surface area contributed by atoms with E-state index in [-0.39, 0.29) is 17.7 Å². The summed E-state index contributed by atoms with van der Waals surface area (Å²) in [7, 11) is 0. The lowest BCUT2D eigenvalue weighted by atomic mass is 10.0. The van der Waals surface area contributed by atoms with Crippen LogP contribution < -0.4 is 5.32 Å². The van der Waals surface area contributed by atoms with Gasteiger partial charge in [0.2, 0.25) is 5.91 Å². The fourth-order valence-corrected chi connectivity index (χ4v) is 4.65. The van der Waals surface area contributed by atoms with Crippen molar-refractivity contribution >= 4 is 29.7 Å². The Morgan fingerprint density at radius 3 is 2.74 bits per heavy atom. The fourth-order valence-electron chi connectivity index (χ4n) is 3.69. The molecule has 2 fully saturated rings. The van der Waals surface area contributed by atoms with Crippen molar-refractivity contribution in [3.05, 3.63) is 35.4 Å². The van der Waals surface area contributed by atoms with E-state index in [1.54, 1.807) is 55.6 Å². The number of ether oxygens (including phenoxy) is 1. The summed E-state index contributed by atoms with van der Waals surface area (Å²) in [5, 5.41) is 11.9. The number of carbonyl (C=O) groups is 3. The van der Waals surface area contributed by atoms with E-state index in [0.717, 1.165) is 5.75 Å². The quantitative estimate of drug-likeness (QED) is 0.765. The molecule has 1 aromatic carbocycles. The second kappa shape index (κ2) is 9.60. The lowest BCUT2D eigenvalue weighted by molar-refractivity contribution is -0.134. The smallest absolute Gasteiger partial charge is 0.410 e. The molecule has 2 aliphatic rings. The third kappa shape index (κ3) is 5.91. The van der Waals surface area contributed by atoms with Crippen LogP contribution in [-0.2, 0) is 9.53 Å². The maximum absolute atomic E-state index is 13.0. The molecule has 2 atom stereocenters. The van der Waals surface area contributed by atoms with Gasteiger partial charge in [-0.25, -0.2) is 4.79 Å². The van der Waals surface area contributed by atoms with E-state index in [9.17, 15) is 14.4 Å². The topological polar surface area (TPSA) is 103 Å². The molecule has 0 unspecified atom stereocenters. The molecule has 31 heavy (non-hydrogen) atoms. The number of amides is 3. The average molecular weight is 445 g/mol. The molecule has 0 radical (unpaired) electrons. The van der Waals surface area contributed by atoms with E-state index in [1.165, 1.54) is 11.0 Å². The maximum Gasteiger partial charge on any atom is 0.410 e. The van der Waals surface area contributed by atoms with Crippen molar-refractivity contribution in [2.45, 2.75) is 38.8 Å². The van der Waals surface area contributed by atoms with Crippen LogP contribution in [0.3, 0.4) is 0 Å². The Hall–Kier alpha value is -2.73. The zero-order valence-electron chi connectivity index (χ0n) is 18.1. The Morgan fingerprint density at radius 1 is 1.32 bits per heavy atom. The van der Waals surface area contributed by atoms with E-state index in [4.69, 9.17) is 10.00 Å². The highest BCUT2D eigenvalue weighted by atomic mass is 32.2. The van der Waals surface area contributed by atoms with Gasteiger partial charge in [0.15, 0.2) is 0 Å². The summed E-state index contributed by atoms with van der Waals surface area (Å²) in [6.07, 6.45) is -0.0363. The van der Waals surface area contributed by atoms with Gasteiger partial charge in [0.1, 0.15) is 11.6 Å². The average Bonchev–Trinajstić information content (AvgIpc) is 3.40. The van der Waals surface area contributed by atoms with Crippen molar-refractivity contribution < 1.29 is 19.1 Å². The van der Waals surface area contributed by atoms with E-state index in [1.807, 2.05) is 6.07 Å². The third-order valence-electron chi connectivity index (χ3n) is 5.17. The van der Waals surface area contributed by atoms with Crippen LogP contribution >= 0.6 is 11.8 Å². The van der Waals surface area contributed by atoms with Crippen LogP contribution in [0.15, 0.2) is 24.3 Å². The molecule has 0 aromatic heterocycles. The molecule has 0 saturated carbocycles. The first kappa shape index (κ1) is 22.9. The van der Waals surface area contributed by atoms with E-state index in [2.05, 4.69) is 5.32 Å². The number of thioether (sulfide) groups is 1. The first-order valence-corrected chi connectivity index (χ1v) is 11.5.